The number of rotatable bonds is 7. The average molecular weight is 299 g/mol. The average Bonchev–Trinajstić information content (AvgIpc) is 2.54. The number of carbonyl (C=O) groups is 1. The molecule has 2 aromatic carbocycles. The lowest BCUT2D eigenvalue weighted by Gasteiger charge is -2.12. The van der Waals surface area contributed by atoms with Crippen LogP contribution in [0.25, 0.3) is 0 Å². The Balaban J connectivity index is 1.95. The van der Waals surface area contributed by atoms with E-state index in [1.807, 2.05) is 42.5 Å². The third kappa shape index (κ3) is 5.13. The molecule has 0 aliphatic carbocycles. The molecule has 4 nitrogen and oxygen atoms in total. The fourth-order valence-corrected chi connectivity index (χ4v) is 1.94. The van der Waals surface area contributed by atoms with Crippen LogP contribution in [-0.2, 0) is 4.74 Å². The van der Waals surface area contributed by atoms with Crippen LogP contribution in [0.1, 0.15) is 26.2 Å². The largest absolute Gasteiger partial charge is 0.455 e. The molecule has 0 saturated carbocycles. The third-order valence-electron chi connectivity index (χ3n) is 3.08. The Morgan fingerprint density at radius 1 is 1.00 bits per heavy atom. The second kappa shape index (κ2) is 8.72. The van der Waals surface area contributed by atoms with Crippen LogP contribution in [0.4, 0.5) is 10.5 Å². The maximum Gasteiger partial charge on any atom is 0.411 e. The fourth-order valence-electron chi connectivity index (χ4n) is 1.94. The standard InChI is InChI=1S/C18H21NO3/c1-2-3-9-14-21-18(20)19-16-12-7-8-13-17(16)22-15-10-5-4-6-11-15/h4-8,10-13H,2-3,9,14H2,1H3,(H,19,20). The van der Waals surface area contributed by atoms with E-state index in [1.165, 1.54) is 0 Å². The molecule has 2 rings (SSSR count). The lowest BCUT2D eigenvalue weighted by atomic mass is 10.3. The van der Waals surface area contributed by atoms with Crippen LogP contribution in [0.2, 0.25) is 0 Å². The first-order valence-electron chi connectivity index (χ1n) is 7.55. The highest BCUT2D eigenvalue weighted by Gasteiger charge is 2.09. The maximum atomic E-state index is 11.8. The molecule has 0 atom stereocenters. The number of ether oxygens (including phenoxy) is 2. The van der Waals surface area contributed by atoms with E-state index in [0.29, 0.717) is 23.8 Å². The van der Waals surface area contributed by atoms with Crippen molar-refractivity contribution in [1.82, 2.24) is 0 Å². The minimum atomic E-state index is -0.458. The summed E-state index contributed by atoms with van der Waals surface area (Å²) in [5.41, 5.74) is 0.590. The van der Waals surface area contributed by atoms with Crippen LogP contribution >= 0.6 is 0 Å². The van der Waals surface area contributed by atoms with Crippen molar-refractivity contribution in [3.05, 3.63) is 54.6 Å². The fraction of sp³-hybridized carbons (Fsp3) is 0.278. The molecule has 2 aromatic rings. The molecule has 0 saturated heterocycles. The monoisotopic (exact) mass is 299 g/mol. The molecular weight excluding hydrogens is 278 g/mol. The predicted octanol–water partition coefficient (Wildman–Crippen LogP) is 5.22. The van der Waals surface area contributed by atoms with E-state index in [1.54, 1.807) is 12.1 Å². The van der Waals surface area contributed by atoms with Crippen LogP contribution < -0.4 is 10.1 Å². The number of anilines is 1. The summed E-state index contributed by atoms with van der Waals surface area (Å²) in [5, 5.41) is 2.72. The van der Waals surface area contributed by atoms with E-state index < -0.39 is 6.09 Å². The second-order valence-electron chi connectivity index (χ2n) is 4.88. The highest BCUT2D eigenvalue weighted by molar-refractivity contribution is 5.86. The topological polar surface area (TPSA) is 47.6 Å². The molecule has 0 spiro atoms. The maximum absolute atomic E-state index is 11.8. The number of nitrogens with one attached hydrogen (secondary N) is 1. The Labute approximate surface area is 131 Å². The van der Waals surface area contributed by atoms with E-state index in [9.17, 15) is 4.79 Å². The van der Waals surface area contributed by atoms with Crippen molar-refractivity contribution < 1.29 is 14.3 Å². The van der Waals surface area contributed by atoms with Crippen LogP contribution in [0.15, 0.2) is 54.6 Å². The summed E-state index contributed by atoms with van der Waals surface area (Å²) < 4.78 is 10.9. The van der Waals surface area contributed by atoms with E-state index in [-0.39, 0.29) is 0 Å². The van der Waals surface area contributed by atoms with Crippen molar-refractivity contribution in [2.45, 2.75) is 26.2 Å². The van der Waals surface area contributed by atoms with Crippen molar-refractivity contribution in [2.75, 3.05) is 11.9 Å². The van der Waals surface area contributed by atoms with Gasteiger partial charge >= 0.3 is 6.09 Å². The molecule has 4 heteroatoms. The van der Waals surface area contributed by atoms with E-state index >= 15 is 0 Å². The van der Waals surface area contributed by atoms with Crippen molar-refractivity contribution in [2.24, 2.45) is 0 Å². The number of hydrogen-bond donors (Lipinski definition) is 1. The number of para-hydroxylation sites is 3. The van der Waals surface area contributed by atoms with Gasteiger partial charge in [-0.1, -0.05) is 50.1 Å². The Morgan fingerprint density at radius 2 is 1.73 bits per heavy atom. The molecule has 0 bridgehead atoms. The highest BCUT2D eigenvalue weighted by atomic mass is 16.5. The van der Waals surface area contributed by atoms with Gasteiger partial charge in [-0.15, -0.1) is 0 Å². The molecule has 0 aliphatic heterocycles. The van der Waals surface area contributed by atoms with Gasteiger partial charge in [0.1, 0.15) is 5.75 Å². The van der Waals surface area contributed by atoms with Gasteiger partial charge < -0.3 is 9.47 Å². The molecule has 1 N–H and O–H groups in total. The number of unbranched alkanes of at least 4 members (excludes halogenated alkanes) is 2. The van der Waals surface area contributed by atoms with E-state index in [4.69, 9.17) is 9.47 Å². The van der Waals surface area contributed by atoms with Crippen molar-refractivity contribution in [1.29, 1.82) is 0 Å². The molecule has 0 fully saturated rings. The molecule has 22 heavy (non-hydrogen) atoms. The number of hydrogen-bond acceptors (Lipinski definition) is 3. The van der Waals surface area contributed by atoms with Crippen LogP contribution in [0.3, 0.4) is 0 Å². The van der Waals surface area contributed by atoms with Gasteiger partial charge in [0.25, 0.3) is 0 Å². The van der Waals surface area contributed by atoms with Crippen LogP contribution in [0.5, 0.6) is 11.5 Å². The Hall–Kier alpha value is -2.49. The smallest absolute Gasteiger partial charge is 0.411 e. The zero-order valence-corrected chi connectivity index (χ0v) is 12.7. The minimum Gasteiger partial charge on any atom is -0.455 e. The summed E-state index contributed by atoms with van der Waals surface area (Å²) in [6.45, 7) is 2.54. The van der Waals surface area contributed by atoms with Gasteiger partial charge in [0, 0.05) is 0 Å². The molecule has 1 amide bonds. The first kappa shape index (κ1) is 15.9. The van der Waals surface area contributed by atoms with Gasteiger partial charge in [-0.25, -0.2) is 4.79 Å². The molecule has 116 valence electrons. The predicted molar refractivity (Wildman–Crippen MR) is 87.5 cm³/mol. The van der Waals surface area contributed by atoms with Crippen molar-refractivity contribution in [3.63, 3.8) is 0 Å². The van der Waals surface area contributed by atoms with Gasteiger partial charge in [0.15, 0.2) is 5.75 Å². The molecule has 0 aromatic heterocycles. The Bertz CT molecular complexity index is 584. The first-order chi connectivity index (χ1) is 10.8. The van der Waals surface area contributed by atoms with Crippen LogP contribution in [0, 0.1) is 0 Å². The normalized spacial score (nSPS) is 10.0. The zero-order chi connectivity index (χ0) is 15.6. The van der Waals surface area contributed by atoms with Gasteiger partial charge in [-0.3, -0.25) is 5.32 Å². The summed E-state index contributed by atoms with van der Waals surface area (Å²) in [5.74, 6) is 1.30. The summed E-state index contributed by atoms with van der Waals surface area (Å²) in [7, 11) is 0. The Morgan fingerprint density at radius 3 is 2.50 bits per heavy atom. The van der Waals surface area contributed by atoms with Gasteiger partial charge in [-0.2, -0.15) is 0 Å². The van der Waals surface area contributed by atoms with E-state index in [0.717, 1.165) is 19.3 Å². The van der Waals surface area contributed by atoms with Gasteiger partial charge in [0.2, 0.25) is 0 Å². The molecule has 0 aliphatic rings. The summed E-state index contributed by atoms with van der Waals surface area (Å²) >= 11 is 0. The quantitative estimate of drug-likeness (QED) is 0.713. The molecule has 0 heterocycles. The molecule has 0 radical (unpaired) electrons. The molecule has 0 unspecified atom stereocenters. The van der Waals surface area contributed by atoms with Crippen molar-refractivity contribution >= 4 is 11.8 Å². The summed E-state index contributed by atoms with van der Waals surface area (Å²) in [6, 6.07) is 16.7. The lowest BCUT2D eigenvalue weighted by molar-refractivity contribution is 0.159. The number of benzene rings is 2. The lowest BCUT2D eigenvalue weighted by Crippen LogP contribution is -2.14. The highest BCUT2D eigenvalue weighted by Crippen LogP contribution is 2.29. The van der Waals surface area contributed by atoms with Gasteiger partial charge in [0.05, 0.1) is 12.3 Å². The number of carbonyl (C=O) groups excluding carboxylic acids is 1. The third-order valence-corrected chi connectivity index (χ3v) is 3.08. The van der Waals surface area contributed by atoms with Crippen molar-refractivity contribution in [3.8, 4) is 11.5 Å². The minimum absolute atomic E-state index is 0.432. The SMILES string of the molecule is CCCCCOC(=O)Nc1ccccc1Oc1ccccc1. The first-order valence-corrected chi connectivity index (χ1v) is 7.55. The number of amides is 1. The van der Waals surface area contributed by atoms with E-state index in [2.05, 4.69) is 12.2 Å². The van der Waals surface area contributed by atoms with Crippen LogP contribution in [-0.4, -0.2) is 12.7 Å². The summed E-state index contributed by atoms with van der Waals surface area (Å²) in [4.78, 5) is 11.8. The Kier molecular flexibility index (Phi) is 6.30. The van der Waals surface area contributed by atoms with Gasteiger partial charge in [-0.05, 0) is 30.7 Å². The second-order valence-corrected chi connectivity index (χ2v) is 4.88. The molecular formula is C18H21NO3. The zero-order valence-electron chi connectivity index (χ0n) is 12.7. The summed E-state index contributed by atoms with van der Waals surface area (Å²) in [6.07, 6.45) is 2.58.